The lowest BCUT2D eigenvalue weighted by Gasteiger charge is -2.07. The summed E-state index contributed by atoms with van der Waals surface area (Å²) in [6.45, 7) is 0. The van der Waals surface area contributed by atoms with Crippen LogP contribution in [0.2, 0.25) is 5.02 Å². The molecule has 4 nitrogen and oxygen atoms in total. The average Bonchev–Trinajstić information content (AvgIpc) is 3.17. The lowest BCUT2D eigenvalue weighted by atomic mass is 10.0. The quantitative estimate of drug-likeness (QED) is 0.381. The topological polar surface area (TPSA) is 46.4 Å². The van der Waals surface area contributed by atoms with Gasteiger partial charge in [-0.25, -0.2) is 5.43 Å². The second-order valence-corrected chi connectivity index (χ2v) is 6.82. The Morgan fingerprint density at radius 1 is 0.964 bits per heavy atom. The number of rotatable bonds is 5. The number of carbonyl (C=O) groups is 1. The molecule has 0 aliphatic heterocycles. The number of amides is 1. The summed E-state index contributed by atoms with van der Waals surface area (Å²) in [4.78, 5) is 12.3. The maximum atomic E-state index is 12.3. The van der Waals surface area contributed by atoms with E-state index in [2.05, 4.69) is 10.5 Å². The highest BCUT2D eigenvalue weighted by molar-refractivity contribution is 6.30. The van der Waals surface area contributed by atoms with Gasteiger partial charge in [-0.1, -0.05) is 54.1 Å². The van der Waals surface area contributed by atoms with Crippen LogP contribution >= 0.6 is 11.6 Å². The molecule has 0 aliphatic rings. The summed E-state index contributed by atoms with van der Waals surface area (Å²) in [5.74, 6) is -0.155. The van der Waals surface area contributed by atoms with Crippen molar-refractivity contribution in [1.82, 2.24) is 9.99 Å². The van der Waals surface area contributed by atoms with E-state index in [1.165, 1.54) is 0 Å². The molecule has 0 radical (unpaired) electrons. The molecule has 1 aromatic heterocycles. The van der Waals surface area contributed by atoms with Gasteiger partial charge in [0, 0.05) is 16.9 Å². The Kier molecular flexibility index (Phi) is 5.22. The molecule has 0 atom stereocenters. The highest BCUT2D eigenvalue weighted by Crippen LogP contribution is 2.19. The van der Waals surface area contributed by atoms with Gasteiger partial charge >= 0.3 is 0 Å². The molecule has 0 bridgehead atoms. The van der Waals surface area contributed by atoms with Crippen molar-refractivity contribution >= 4 is 34.5 Å². The van der Waals surface area contributed by atoms with Crippen molar-refractivity contribution in [3.8, 4) is 5.69 Å². The number of hydrazone groups is 1. The van der Waals surface area contributed by atoms with Crippen LogP contribution in [0.5, 0.6) is 0 Å². The van der Waals surface area contributed by atoms with Gasteiger partial charge in [-0.2, -0.15) is 5.10 Å². The minimum atomic E-state index is -0.155. The smallest absolute Gasteiger partial charge is 0.244 e. The highest BCUT2D eigenvalue weighted by Gasteiger charge is 2.06. The van der Waals surface area contributed by atoms with Crippen LogP contribution in [0.15, 0.2) is 90.2 Å². The molecule has 0 unspecified atom stereocenters. The number of fused-ring (bicyclic) bond motifs is 1. The van der Waals surface area contributed by atoms with Crippen molar-refractivity contribution in [2.45, 2.75) is 6.42 Å². The fourth-order valence-electron chi connectivity index (χ4n) is 3.17. The van der Waals surface area contributed by atoms with E-state index in [4.69, 9.17) is 11.6 Å². The molecule has 0 fully saturated rings. The van der Waals surface area contributed by atoms with Crippen LogP contribution in [0.1, 0.15) is 11.3 Å². The zero-order chi connectivity index (χ0) is 19.3. The SMILES string of the molecule is O=C(Cc1cccc2ccccc12)NN=Cc1cccn1-c1ccc(Cl)cc1. The first-order valence-corrected chi connectivity index (χ1v) is 9.30. The molecule has 1 amide bonds. The van der Waals surface area contributed by atoms with Gasteiger partial charge in [0.25, 0.3) is 0 Å². The van der Waals surface area contributed by atoms with Gasteiger partial charge < -0.3 is 4.57 Å². The molecule has 1 N–H and O–H groups in total. The number of halogens is 1. The van der Waals surface area contributed by atoms with Crippen LogP contribution in [-0.4, -0.2) is 16.7 Å². The Morgan fingerprint density at radius 3 is 2.61 bits per heavy atom. The lowest BCUT2D eigenvalue weighted by molar-refractivity contribution is -0.120. The van der Waals surface area contributed by atoms with Crippen LogP contribution in [0.4, 0.5) is 0 Å². The second-order valence-electron chi connectivity index (χ2n) is 6.39. The van der Waals surface area contributed by atoms with Crippen molar-refractivity contribution in [2.75, 3.05) is 0 Å². The lowest BCUT2D eigenvalue weighted by Crippen LogP contribution is -2.20. The van der Waals surface area contributed by atoms with Gasteiger partial charge in [-0.15, -0.1) is 0 Å². The Labute approximate surface area is 168 Å². The van der Waals surface area contributed by atoms with Gasteiger partial charge in [0.15, 0.2) is 0 Å². The number of nitrogens with zero attached hydrogens (tertiary/aromatic N) is 2. The summed E-state index contributed by atoms with van der Waals surface area (Å²) in [5.41, 5.74) is 5.42. The molecule has 4 aromatic rings. The van der Waals surface area contributed by atoms with E-state index in [0.29, 0.717) is 5.02 Å². The molecular weight excluding hydrogens is 370 g/mol. The monoisotopic (exact) mass is 387 g/mol. The molecule has 1 heterocycles. The third-order valence-corrected chi connectivity index (χ3v) is 4.75. The molecule has 4 rings (SSSR count). The number of hydrogen-bond acceptors (Lipinski definition) is 2. The zero-order valence-electron chi connectivity index (χ0n) is 15.0. The minimum Gasteiger partial charge on any atom is -0.316 e. The normalized spacial score (nSPS) is 11.2. The first kappa shape index (κ1) is 18.0. The maximum Gasteiger partial charge on any atom is 0.244 e. The van der Waals surface area contributed by atoms with Crippen LogP contribution < -0.4 is 5.43 Å². The molecule has 0 saturated heterocycles. The summed E-state index contributed by atoms with van der Waals surface area (Å²) in [6.07, 6.45) is 3.84. The van der Waals surface area contributed by atoms with E-state index in [0.717, 1.165) is 27.7 Å². The summed E-state index contributed by atoms with van der Waals surface area (Å²) in [5, 5.41) is 7.02. The molecule has 0 aliphatic carbocycles. The molecule has 3 aromatic carbocycles. The summed E-state index contributed by atoms with van der Waals surface area (Å²) < 4.78 is 1.97. The first-order chi connectivity index (χ1) is 13.7. The van der Waals surface area contributed by atoms with E-state index in [1.807, 2.05) is 89.6 Å². The van der Waals surface area contributed by atoms with E-state index in [-0.39, 0.29) is 12.3 Å². The maximum absolute atomic E-state index is 12.3. The Morgan fingerprint density at radius 2 is 1.75 bits per heavy atom. The van der Waals surface area contributed by atoms with E-state index < -0.39 is 0 Å². The number of benzene rings is 3. The van der Waals surface area contributed by atoms with E-state index in [1.54, 1.807) is 6.21 Å². The first-order valence-electron chi connectivity index (χ1n) is 8.92. The van der Waals surface area contributed by atoms with Crippen molar-refractivity contribution in [1.29, 1.82) is 0 Å². The van der Waals surface area contributed by atoms with Gasteiger partial charge in [0.1, 0.15) is 0 Å². The predicted molar refractivity (Wildman–Crippen MR) is 114 cm³/mol. The molecule has 28 heavy (non-hydrogen) atoms. The van der Waals surface area contributed by atoms with E-state index in [9.17, 15) is 4.79 Å². The Hall–Kier alpha value is -3.37. The average molecular weight is 388 g/mol. The van der Waals surface area contributed by atoms with Crippen LogP contribution in [0, 0.1) is 0 Å². The van der Waals surface area contributed by atoms with Crippen LogP contribution in [0.3, 0.4) is 0 Å². The minimum absolute atomic E-state index is 0.155. The van der Waals surface area contributed by atoms with Gasteiger partial charge in [0.05, 0.1) is 18.3 Å². The number of aromatic nitrogens is 1. The molecule has 5 heteroatoms. The third-order valence-electron chi connectivity index (χ3n) is 4.50. The van der Waals surface area contributed by atoms with Crippen LogP contribution in [0.25, 0.3) is 16.5 Å². The van der Waals surface area contributed by atoms with Crippen molar-refractivity contribution < 1.29 is 4.79 Å². The number of hydrogen-bond donors (Lipinski definition) is 1. The van der Waals surface area contributed by atoms with Gasteiger partial charge in [-0.05, 0) is 52.7 Å². The standard InChI is InChI=1S/C23H18ClN3O/c24-19-10-12-20(13-11-19)27-14-4-8-21(27)16-25-26-23(28)15-18-7-3-6-17-5-1-2-9-22(17)18/h1-14,16H,15H2,(H,26,28). The third kappa shape index (κ3) is 3.97. The predicted octanol–water partition coefficient (Wildman–Crippen LogP) is 4.98. The zero-order valence-corrected chi connectivity index (χ0v) is 15.8. The summed E-state index contributed by atoms with van der Waals surface area (Å²) in [6, 6.07) is 25.4. The fraction of sp³-hybridized carbons (Fsp3) is 0.0435. The molecule has 0 spiro atoms. The Bertz CT molecular complexity index is 1140. The van der Waals surface area contributed by atoms with E-state index >= 15 is 0 Å². The Balaban J connectivity index is 1.45. The summed E-state index contributed by atoms with van der Waals surface area (Å²) >= 11 is 5.95. The van der Waals surface area contributed by atoms with Gasteiger partial charge in [0.2, 0.25) is 5.91 Å². The fourth-order valence-corrected chi connectivity index (χ4v) is 3.29. The highest BCUT2D eigenvalue weighted by atomic mass is 35.5. The molecule has 138 valence electrons. The van der Waals surface area contributed by atoms with Crippen molar-refractivity contribution in [3.05, 3.63) is 101 Å². The van der Waals surface area contributed by atoms with Crippen LogP contribution in [-0.2, 0) is 11.2 Å². The van der Waals surface area contributed by atoms with Crippen molar-refractivity contribution in [3.63, 3.8) is 0 Å². The molecular formula is C23H18ClN3O. The molecule has 0 saturated carbocycles. The number of carbonyl (C=O) groups excluding carboxylic acids is 1. The van der Waals surface area contributed by atoms with Crippen molar-refractivity contribution in [2.24, 2.45) is 5.10 Å². The van der Waals surface area contributed by atoms with Gasteiger partial charge in [-0.3, -0.25) is 4.79 Å². The largest absolute Gasteiger partial charge is 0.316 e. The second kappa shape index (κ2) is 8.11. The number of nitrogens with one attached hydrogen (secondary N) is 1. The summed E-state index contributed by atoms with van der Waals surface area (Å²) in [7, 11) is 0.